The van der Waals surface area contributed by atoms with Gasteiger partial charge in [0.05, 0.1) is 11.3 Å². The third kappa shape index (κ3) is 3.21. The Hall–Kier alpha value is -3.14. The molecule has 2 aromatic carbocycles. The number of rotatable bonds is 4. The molecule has 0 aliphatic rings. The van der Waals surface area contributed by atoms with Crippen LogP contribution in [0.3, 0.4) is 0 Å². The molecule has 0 spiro atoms. The average molecular weight is 305 g/mol. The van der Waals surface area contributed by atoms with Crippen LogP contribution in [-0.2, 0) is 6.42 Å². The first-order chi connectivity index (χ1) is 11.1. The van der Waals surface area contributed by atoms with Crippen molar-refractivity contribution in [3.63, 3.8) is 0 Å². The maximum absolute atomic E-state index is 10.9. The van der Waals surface area contributed by atoms with Gasteiger partial charge in [-0.25, -0.2) is 4.79 Å². The summed E-state index contributed by atoms with van der Waals surface area (Å²) in [6, 6.07) is 17.9. The maximum atomic E-state index is 10.9. The Morgan fingerprint density at radius 2 is 1.65 bits per heavy atom. The minimum Gasteiger partial charge on any atom is -0.505 e. The summed E-state index contributed by atoms with van der Waals surface area (Å²) in [6.07, 6.45) is 2.19. The summed E-state index contributed by atoms with van der Waals surface area (Å²) < 4.78 is 0. The van der Waals surface area contributed by atoms with Gasteiger partial charge in [-0.05, 0) is 29.3 Å². The average Bonchev–Trinajstić information content (AvgIpc) is 2.58. The van der Waals surface area contributed by atoms with E-state index in [1.54, 1.807) is 24.4 Å². The molecule has 0 bridgehead atoms. The molecule has 1 heterocycles. The highest BCUT2D eigenvalue weighted by molar-refractivity contribution is 5.88. The Balaban J connectivity index is 1.94. The molecule has 0 unspecified atom stereocenters. The van der Waals surface area contributed by atoms with Crippen molar-refractivity contribution in [3.05, 3.63) is 83.7 Å². The fraction of sp³-hybridized carbons (Fsp3) is 0.0526. The van der Waals surface area contributed by atoms with Crippen LogP contribution in [-0.4, -0.2) is 21.2 Å². The van der Waals surface area contributed by atoms with E-state index >= 15 is 0 Å². The number of carboxylic acids is 1. The Kier molecular flexibility index (Phi) is 4.06. The molecule has 0 saturated carbocycles. The molecule has 0 fully saturated rings. The van der Waals surface area contributed by atoms with Crippen molar-refractivity contribution in [2.24, 2.45) is 0 Å². The van der Waals surface area contributed by atoms with Gasteiger partial charge >= 0.3 is 5.97 Å². The molecule has 0 aliphatic carbocycles. The predicted molar refractivity (Wildman–Crippen MR) is 87.5 cm³/mol. The summed E-state index contributed by atoms with van der Waals surface area (Å²) in [5.74, 6) is -0.848. The van der Waals surface area contributed by atoms with Gasteiger partial charge in [-0.1, -0.05) is 42.5 Å². The summed E-state index contributed by atoms with van der Waals surface area (Å²) in [6.45, 7) is 0. The smallest absolute Gasteiger partial charge is 0.335 e. The fourth-order valence-electron chi connectivity index (χ4n) is 2.44. The number of aromatic hydroxyl groups is 1. The highest BCUT2D eigenvalue weighted by atomic mass is 16.4. The van der Waals surface area contributed by atoms with Gasteiger partial charge < -0.3 is 10.2 Å². The van der Waals surface area contributed by atoms with Crippen molar-refractivity contribution in [1.82, 2.24) is 4.98 Å². The van der Waals surface area contributed by atoms with Gasteiger partial charge in [-0.2, -0.15) is 0 Å². The van der Waals surface area contributed by atoms with Crippen LogP contribution in [0.25, 0.3) is 11.1 Å². The number of aromatic nitrogens is 1. The number of nitrogens with zero attached hydrogens (tertiary/aromatic N) is 1. The van der Waals surface area contributed by atoms with E-state index in [9.17, 15) is 9.90 Å². The molecule has 0 atom stereocenters. The van der Waals surface area contributed by atoms with Gasteiger partial charge in [0, 0.05) is 18.2 Å². The van der Waals surface area contributed by atoms with E-state index in [0.717, 1.165) is 11.1 Å². The molecule has 0 saturated heterocycles. The standard InChI is InChI=1S/C19H15NO3/c21-18-16(14-6-8-15(9-7-14)19(22)23)10-11-20-17(18)12-13-4-2-1-3-5-13/h1-11,21H,12H2,(H,22,23). The highest BCUT2D eigenvalue weighted by Gasteiger charge is 2.11. The van der Waals surface area contributed by atoms with Gasteiger partial charge in [0.2, 0.25) is 0 Å². The van der Waals surface area contributed by atoms with Gasteiger partial charge in [0.25, 0.3) is 0 Å². The Morgan fingerprint density at radius 3 is 2.30 bits per heavy atom. The van der Waals surface area contributed by atoms with Crippen LogP contribution < -0.4 is 0 Å². The van der Waals surface area contributed by atoms with Crippen LogP contribution in [0.2, 0.25) is 0 Å². The molecule has 2 N–H and O–H groups in total. The molecule has 0 radical (unpaired) electrons. The van der Waals surface area contributed by atoms with Gasteiger partial charge in [-0.3, -0.25) is 4.98 Å². The first-order valence-corrected chi connectivity index (χ1v) is 7.19. The SMILES string of the molecule is O=C(O)c1ccc(-c2ccnc(Cc3ccccc3)c2O)cc1. The van der Waals surface area contributed by atoms with Crippen molar-refractivity contribution in [1.29, 1.82) is 0 Å². The first-order valence-electron chi connectivity index (χ1n) is 7.19. The lowest BCUT2D eigenvalue weighted by Gasteiger charge is -2.09. The molecule has 0 amide bonds. The number of carboxylic acid groups (broad SMARTS) is 1. The molecule has 4 nitrogen and oxygen atoms in total. The van der Waals surface area contributed by atoms with E-state index in [1.807, 2.05) is 30.3 Å². The Bertz CT molecular complexity index is 827. The number of aromatic carboxylic acids is 1. The summed E-state index contributed by atoms with van der Waals surface area (Å²) in [4.78, 5) is 15.2. The van der Waals surface area contributed by atoms with Crippen LogP contribution in [0.15, 0.2) is 66.9 Å². The lowest BCUT2D eigenvalue weighted by Crippen LogP contribution is -1.96. The van der Waals surface area contributed by atoms with E-state index in [2.05, 4.69) is 4.98 Å². The van der Waals surface area contributed by atoms with Gasteiger partial charge in [0.1, 0.15) is 5.75 Å². The second-order valence-electron chi connectivity index (χ2n) is 5.20. The Morgan fingerprint density at radius 1 is 0.957 bits per heavy atom. The number of hydrogen-bond donors (Lipinski definition) is 2. The first kappa shape index (κ1) is 14.8. The summed E-state index contributed by atoms with van der Waals surface area (Å²) in [5, 5.41) is 19.5. The highest BCUT2D eigenvalue weighted by Crippen LogP contribution is 2.32. The van der Waals surface area contributed by atoms with Crippen LogP contribution in [0, 0.1) is 0 Å². The molecule has 114 valence electrons. The summed E-state index contributed by atoms with van der Waals surface area (Å²) in [7, 11) is 0. The number of hydrogen-bond acceptors (Lipinski definition) is 3. The van der Waals surface area contributed by atoms with E-state index in [1.165, 1.54) is 12.1 Å². The van der Waals surface area contributed by atoms with Crippen LogP contribution in [0.5, 0.6) is 5.75 Å². The monoisotopic (exact) mass is 305 g/mol. The van der Waals surface area contributed by atoms with E-state index < -0.39 is 5.97 Å². The van der Waals surface area contributed by atoms with E-state index in [0.29, 0.717) is 17.7 Å². The third-order valence-corrected chi connectivity index (χ3v) is 3.66. The van der Waals surface area contributed by atoms with Crippen LogP contribution >= 0.6 is 0 Å². The normalized spacial score (nSPS) is 10.4. The van der Waals surface area contributed by atoms with Crippen LogP contribution in [0.1, 0.15) is 21.6 Å². The second kappa shape index (κ2) is 6.32. The molecule has 3 rings (SSSR count). The van der Waals surface area contributed by atoms with Crippen molar-refractivity contribution in [2.45, 2.75) is 6.42 Å². The Labute approximate surface area is 133 Å². The molecule has 0 aliphatic heterocycles. The van der Waals surface area contributed by atoms with Gasteiger partial charge in [-0.15, -0.1) is 0 Å². The maximum Gasteiger partial charge on any atom is 0.335 e. The van der Waals surface area contributed by atoms with Crippen molar-refractivity contribution in [2.75, 3.05) is 0 Å². The van der Waals surface area contributed by atoms with Crippen molar-refractivity contribution < 1.29 is 15.0 Å². The third-order valence-electron chi connectivity index (χ3n) is 3.66. The molecule has 4 heteroatoms. The quantitative estimate of drug-likeness (QED) is 0.770. The number of carbonyl (C=O) groups is 1. The predicted octanol–water partition coefficient (Wildman–Crippen LogP) is 3.74. The largest absolute Gasteiger partial charge is 0.505 e. The molecule has 1 aromatic heterocycles. The summed E-state index contributed by atoms with van der Waals surface area (Å²) in [5.41, 5.74) is 3.27. The number of pyridine rings is 1. The molecular formula is C19H15NO3. The molecule has 23 heavy (non-hydrogen) atoms. The molecule has 3 aromatic rings. The fourth-order valence-corrected chi connectivity index (χ4v) is 2.44. The summed E-state index contributed by atoms with van der Waals surface area (Å²) >= 11 is 0. The zero-order valence-electron chi connectivity index (χ0n) is 12.3. The zero-order valence-corrected chi connectivity index (χ0v) is 12.3. The molecular weight excluding hydrogens is 290 g/mol. The zero-order chi connectivity index (χ0) is 16.2. The van der Waals surface area contributed by atoms with Crippen molar-refractivity contribution >= 4 is 5.97 Å². The minimum absolute atomic E-state index is 0.124. The lowest BCUT2D eigenvalue weighted by molar-refractivity contribution is 0.0697. The second-order valence-corrected chi connectivity index (χ2v) is 5.20. The van der Waals surface area contributed by atoms with E-state index in [4.69, 9.17) is 5.11 Å². The van der Waals surface area contributed by atoms with Crippen LogP contribution in [0.4, 0.5) is 0 Å². The van der Waals surface area contributed by atoms with E-state index in [-0.39, 0.29) is 11.3 Å². The minimum atomic E-state index is -0.972. The lowest BCUT2D eigenvalue weighted by atomic mass is 10.0. The number of benzene rings is 2. The topological polar surface area (TPSA) is 70.4 Å². The van der Waals surface area contributed by atoms with Crippen molar-refractivity contribution in [3.8, 4) is 16.9 Å². The van der Waals surface area contributed by atoms with Gasteiger partial charge in [0.15, 0.2) is 0 Å².